The Kier molecular flexibility index (Phi) is 4.77. The summed E-state index contributed by atoms with van der Waals surface area (Å²) in [6.07, 6.45) is 1.50. The van der Waals surface area contributed by atoms with E-state index in [1.165, 1.54) is 13.3 Å². The summed E-state index contributed by atoms with van der Waals surface area (Å²) in [5.74, 6) is 0.298. The van der Waals surface area contributed by atoms with Gasteiger partial charge in [0.15, 0.2) is 0 Å². The van der Waals surface area contributed by atoms with E-state index in [1.54, 1.807) is 6.07 Å². The van der Waals surface area contributed by atoms with Gasteiger partial charge < -0.3 is 10.5 Å². The zero-order valence-electron chi connectivity index (χ0n) is 9.98. The summed E-state index contributed by atoms with van der Waals surface area (Å²) in [6.45, 7) is 0. The van der Waals surface area contributed by atoms with Crippen LogP contribution in [0, 0.1) is 0 Å². The maximum absolute atomic E-state index is 6.18. The molecule has 0 atom stereocenters. The first-order valence-electron chi connectivity index (χ1n) is 5.19. The molecule has 0 saturated heterocycles. The Balaban J connectivity index is 2.73. The molecule has 2 N–H and O–H groups in total. The summed E-state index contributed by atoms with van der Waals surface area (Å²) in [5.41, 5.74) is 7.11. The number of hydrogen-bond donors (Lipinski definition) is 1. The van der Waals surface area contributed by atoms with Crippen LogP contribution >= 0.6 is 58.0 Å². The van der Waals surface area contributed by atoms with Gasteiger partial charge in [-0.3, -0.25) is 0 Å². The summed E-state index contributed by atoms with van der Waals surface area (Å²) >= 11 is 30.3. The fraction of sp³-hybridized carbons (Fsp3) is 0.0833. The molecule has 1 heterocycles. The molecule has 8 heteroatoms. The van der Waals surface area contributed by atoms with Gasteiger partial charge in [0.2, 0.25) is 5.88 Å². The zero-order chi connectivity index (χ0) is 15.0. The lowest BCUT2D eigenvalue weighted by atomic mass is 10.1. The molecule has 0 spiro atoms. The fourth-order valence-electron chi connectivity index (χ4n) is 1.63. The summed E-state index contributed by atoms with van der Waals surface area (Å²) in [5, 5.41) is 0.690. The van der Waals surface area contributed by atoms with Gasteiger partial charge in [0.1, 0.15) is 0 Å². The number of nitrogens with two attached hydrogens (primary N) is 1. The molecule has 106 valence electrons. The number of hydrogen-bond acceptors (Lipinski definition) is 3. The summed E-state index contributed by atoms with van der Waals surface area (Å²) in [4.78, 5) is 4.05. The van der Waals surface area contributed by atoms with Crippen molar-refractivity contribution >= 4 is 63.7 Å². The van der Waals surface area contributed by atoms with Crippen molar-refractivity contribution in [2.45, 2.75) is 0 Å². The number of nitrogen functional groups attached to an aromatic ring is 1. The zero-order valence-corrected chi connectivity index (χ0v) is 13.8. The maximum Gasteiger partial charge on any atom is 0.236 e. The number of ether oxygens (including phenoxy) is 1. The third-order valence-electron chi connectivity index (χ3n) is 2.57. The summed E-state index contributed by atoms with van der Waals surface area (Å²) in [6, 6.07) is 1.61. The average molecular weight is 372 g/mol. The molecule has 2 aromatic rings. The predicted octanol–water partition coefficient (Wildman–Crippen LogP) is 5.61. The maximum atomic E-state index is 6.18. The van der Waals surface area contributed by atoms with E-state index in [0.717, 1.165) is 0 Å². The Labute approximate surface area is 140 Å². The van der Waals surface area contributed by atoms with Crippen molar-refractivity contribution in [2.75, 3.05) is 12.8 Å². The lowest BCUT2D eigenvalue weighted by Crippen LogP contribution is -1.96. The first-order valence-corrected chi connectivity index (χ1v) is 7.08. The van der Waals surface area contributed by atoms with Crippen LogP contribution in [0.5, 0.6) is 5.88 Å². The average Bonchev–Trinajstić information content (AvgIpc) is 2.43. The van der Waals surface area contributed by atoms with Gasteiger partial charge in [-0.25, -0.2) is 4.98 Å². The molecule has 0 aliphatic heterocycles. The van der Waals surface area contributed by atoms with E-state index < -0.39 is 0 Å². The van der Waals surface area contributed by atoms with E-state index in [4.69, 9.17) is 68.5 Å². The predicted molar refractivity (Wildman–Crippen MR) is 85.7 cm³/mol. The van der Waals surface area contributed by atoms with Crippen molar-refractivity contribution < 1.29 is 4.74 Å². The third-order valence-corrected chi connectivity index (χ3v) is 4.85. The number of methoxy groups -OCH3 is 1. The van der Waals surface area contributed by atoms with Gasteiger partial charge in [0.25, 0.3) is 0 Å². The minimum absolute atomic E-state index is 0.0986. The van der Waals surface area contributed by atoms with Crippen LogP contribution in [0.3, 0.4) is 0 Å². The molecule has 2 rings (SSSR count). The quantitative estimate of drug-likeness (QED) is 0.551. The van der Waals surface area contributed by atoms with Crippen LogP contribution in [0.4, 0.5) is 5.69 Å². The SMILES string of the molecule is COc1ncc(-c2c(Cl)c(Cl)c(Cl)c(Cl)c2Cl)cc1N. The Morgan fingerprint density at radius 2 is 1.45 bits per heavy atom. The van der Waals surface area contributed by atoms with Crippen LogP contribution in [-0.2, 0) is 0 Å². The van der Waals surface area contributed by atoms with E-state index >= 15 is 0 Å². The molecule has 0 saturated carbocycles. The monoisotopic (exact) mass is 370 g/mol. The highest BCUT2D eigenvalue weighted by Gasteiger charge is 2.21. The highest BCUT2D eigenvalue weighted by Crippen LogP contribution is 2.48. The van der Waals surface area contributed by atoms with Gasteiger partial charge >= 0.3 is 0 Å². The number of anilines is 1. The second-order valence-electron chi connectivity index (χ2n) is 3.77. The second kappa shape index (κ2) is 6.04. The first kappa shape index (κ1) is 15.8. The van der Waals surface area contributed by atoms with Gasteiger partial charge in [0.05, 0.1) is 37.9 Å². The van der Waals surface area contributed by atoms with Crippen LogP contribution in [-0.4, -0.2) is 12.1 Å². The van der Waals surface area contributed by atoms with E-state index in [-0.39, 0.29) is 25.1 Å². The molecule has 1 aromatic carbocycles. The Morgan fingerprint density at radius 3 is 1.90 bits per heavy atom. The van der Waals surface area contributed by atoms with Gasteiger partial charge in [-0.1, -0.05) is 58.0 Å². The molecule has 20 heavy (non-hydrogen) atoms. The lowest BCUT2D eigenvalue weighted by molar-refractivity contribution is 0.400. The molecule has 0 aliphatic rings. The van der Waals surface area contributed by atoms with Crippen LogP contribution < -0.4 is 10.5 Å². The molecular weight excluding hydrogens is 365 g/mol. The highest BCUT2D eigenvalue weighted by atomic mass is 35.5. The fourth-order valence-corrected chi connectivity index (χ4v) is 2.99. The standard InChI is InChI=1S/C12H7Cl5N2O/c1-20-12-5(18)2-4(3-19-12)6-7(13)9(15)11(17)10(16)8(6)14/h2-3H,18H2,1H3. The molecule has 0 bridgehead atoms. The molecule has 0 aliphatic carbocycles. The molecule has 0 amide bonds. The van der Waals surface area contributed by atoms with Crippen LogP contribution in [0.1, 0.15) is 0 Å². The normalized spacial score (nSPS) is 10.7. The van der Waals surface area contributed by atoms with Crippen LogP contribution in [0.25, 0.3) is 11.1 Å². The molecule has 1 aromatic heterocycles. The molecular formula is C12H7Cl5N2O. The van der Waals surface area contributed by atoms with Gasteiger partial charge in [0, 0.05) is 17.3 Å². The van der Waals surface area contributed by atoms with Crippen molar-refractivity contribution in [3.05, 3.63) is 37.4 Å². The van der Waals surface area contributed by atoms with Crippen molar-refractivity contribution in [1.82, 2.24) is 4.98 Å². The first-order chi connectivity index (χ1) is 9.38. The molecule has 0 radical (unpaired) electrons. The van der Waals surface area contributed by atoms with Gasteiger partial charge in [-0.15, -0.1) is 0 Å². The number of pyridine rings is 1. The Hall–Kier alpha value is -0.580. The summed E-state index contributed by atoms with van der Waals surface area (Å²) in [7, 11) is 1.47. The van der Waals surface area contributed by atoms with E-state index in [0.29, 0.717) is 22.7 Å². The van der Waals surface area contributed by atoms with Gasteiger partial charge in [-0.05, 0) is 6.07 Å². The Bertz CT molecular complexity index is 661. The smallest absolute Gasteiger partial charge is 0.236 e. The van der Waals surface area contributed by atoms with E-state index in [1.807, 2.05) is 0 Å². The van der Waals surface area contributed by atoms with Gasteiger partial charge in [-0.2, -0.15) is 0 Å². The Morgan fingerprint density at radius 1 is 0.950 bits per heavy atom. The van der Waals surface area contributed by atoms with E-state index in [9.17, 15) is 0 Å². The van der Waals surface area contributed by atoms with Crippen molar-refractivity contribution in [1.29, 1.82) is 0 Å². The number of nitrogens with zero attached hydrogens (tertiary/aromatic N) is 1. The largest absolute Gasteiger partial charge is 0.480 e. The number of aromatic nitrogens is 1. The van der Waals surface area contributed by atoms with Crippen LogP contribution in [0.15, 0.2) is 12.3 Å². The minimum atomic E-state index is 0.0986. The molecule has 0 fully saturated rings. The molecule has 0 unspecified atom stereocenters. The number of halogens is 5. The third kappa shape index (κ3) is 2.61. The van der Waals surface area contributed by atoms with Crippen LogP contribution in [0.2, 0.25) is 25.1 Å². The number of rotatable bonds is 2. The molecule has 3 nitrogen and oxygen atoms in total. The minimum Gasteiger partial charge on any atom is -0.480 e. The van der Waals surface area contributed by atoms with Crippen molar-refractivity contribution in [2.24, 2.45) is 0 Å². The van der Waals surface area contributed by atoms with Crippen molar-refractivity contribution in [3.8, 4) is 17.0 Å². The van der Waals surface area contributed by atoms with Crippen molar-refractivity contribution in [3.63, 3.8) is 0 Å². The number of benzene rings is 1. The topological polar surface area (TPSA) is 48.1 Å². The van der Waals surface area contributed by atoms with E-state index in [2.05, 4.69) is 4.98 Å². The second-order valence-corrected chi connectivity index (χ2v) is 5.66. The summed E-state index contributed by atoms with van der Waals surface area (Å²) < 4.78 is 4.99. The lowest BCUT2D eigenvalue weighted by Gasteiger charge is -2.13. The highest BCUT2D eigenvalue weighted by molar-refractivity contribution is 6.56.